The van der Waals surface area contributed by atoms with Crippen molar-refractivity contribution >= 4 is 5.71 Å². The summed E-state index contributed by atoms with van der Waals surface area (Å²) in [6.07, 6.45) is 11.6. The maximum Gasteiger partial charge on any atom is 0.0557 e. The van der Waals surface area contributed by atoms with E-state index in [1.54, 1.807) is 0 Å². The average molecular weight is 161 g/mol. The van der Waals surface area contributed by atoms with Crippen molar-refractivity contribution in [3.8, 4) is 0 Å². The van der Waals surface area contributed by atoms with Crippen LogP contribution in [0.15, 0.2) is 41.6 Å². The van der Waals surface area contributed by atoms with Gasteiger partial charge in [-0.15, -0.1) is 0 Å². The standard InChI is InChI=1S/C11H15N/c1-10-8-6-4-3-5-7-9-11(2)12-10/h3-4,6,8H,1,5,7,9H2,2H3/b4-3-,8-6-,12-11?. The highest BCUT2D eigenvalue weighted by molar-refractivity contribution is 5.83. The van der Waals surface area contributed by atoms with E-state index in [-0.39, 0.29) is 0 Å². The van der Waals surface area contributed by atoms with E-state index in [9.17, 15) is 0 Å². The van der Waals surface area contributed by atoms with Crippen LogP contribution in [0.2, 0.25) is 0 Å². The molecule has 1 rings (SSSR count). The Kier molecular flexibility index (Phi) is 3.52. The fraction of sp³-hybridized carbons (Fsp3) is 0.364. The topological polar surface area (TPSA) is 12.4 Å². The quantitative estimate of drug-likeness (QED) is 0.517. The van der Waals surface area contributed by atoms with E-state index >= 15 is 0 Å². The smallest absolute Gasteiger partial charge is 0.0557 e. The molecule has 0 amide bonds. The SMILES string of the molecule is C=C1/C=C\C=C/CCCC(C)=N1. The van der Waals surface area contributed by atoms with Crippen LogP contribution in [0.5, 0.6) is 0 Å². The molecule has 0 aromatic carbocycles. The minimum atomic E-state index is 0.846. The number of aliphatic imine (C=N–C) groups is 1. The van der Waals surface area contributed by atoms with Crippen molar-refractivity contribution in [2.75, 3.05) is 0 Å². The molecule has 1 aliphatic rings. The second kappa shape index (κ2) is 4.70. The second-order valence-electron chi connectivity index (χ2n) is 3.02. The first-order chi connectivity index (χ1) is 5.79. The summed E-state index contributed by atoms with van der Waals surface area (Å²) >= 11 is 0. The van der Waals surface area contributed by atoms with E-state index in [0.717, 1.165) is 18.5 Å². The average Bonchev–Trinajstić information content (AvgIpc) is 2.02. The van der Waals surface area contributed by atoms with Crippen molar-refractivity contribution in [2.24, 2.45) is 4.99 Å². The first-order valence-corrected chi connectivity index (χ1v) is 4.35. The van der Waals surface area contributed by atoms with Crippen molar-refractivity contribution < 1.29 is 0 Å². The van der Waals surface area contributed by atoms with E-state index in [1.165, 1.54) is 12.1 Å². The van der Waals surface area contributed by atoms with Gasteiger partial charge in [-0.05, 0) is 32.3 Å². The summed E-state index contributed by atoms with van der Waals surface area (Å²) in [6.45, 7) is 5.89. The first kappa shape index (κ1) is 8.98. The Balaban J connectivity index is 2.70. The molecule has 0 atom stereocenters. The minimum Gasteiger partial charge on any atom is -0.259 e. The van der Waals surface area contributed by atoms with Crippen LogP contribution in [-0.2, 0) is 0 Å². The summed E-state index contributed by atoms with van der Waals surface area (Å²) in [6, 6.07) is 0. The lowest BCUT2D eigenvalue weighted by atomic mass is 10.1. The molecule has 0 saturated carbocycles. The highest BCUT2D eigenvalue weighted by Gasteiger charge is 1.92. The molecule has 12 heavy (non-hydrogen) atoms. The van der Waals surface area contributed by atoms with Gasteiger partial charge in [0.15, 0.2) is 0 Å². The Labute approximate surface area is 74.2 Å². The zero-order valence-electron chi connectivity index (χ0n) is 7.59. The molecule has 0 bridgehead atoms. The molecular formula is C11H15N. The predicted octanol–water partition coefficient (Wildman–Crippen LogP) is 3.26. The van der Waals surface area contributed by atoms with Crippen molar-refractivity contribution in [1.29, 1.82) is 0 Å². The molecule has 0 N–H and O–H groups in total. The molecule has 1 nitrogen and oxygen atoms in total. The Morgan fingerprint density at radius 1 is 1.42 bits per heavy atom. The maximum absolute atomic E-state index is 4.34. The molecule has 0 unspecified atom stereocenters. The van der Waals surface area contributed by atoms with Crippen LogP contribution in [-0.4, -0.2) is 5.71 Å². The summed E-state index contributed by atoms with van der Waals surface area (Å²) < 4.78 is 0. The van der Waals surface area contributed by atoms with Gasteiger partial charge in [-0.1, -0.05) is 24.8 Å². The summed E-state index contributed by atoms with van der Waals surface area (Å²) in [7, 11) is 0. The van der Waals surface area contributed by atoms with Crippen molar-refractivity contribution in [2.45, 2.75) is 26.2 Å². The van der Waals surface area contributed by atoms with Crippen molar-refractivity contribution in [1.82, 2.24) is 0 Å². The largest absolute Gasteiger partial charge is 0.259 e. The van der Waals surface area contributed by atoms with Gasteiger partial charge in [0.25, 0.3) is 0 Å². The van der Waals surface area contributed by atoms with Crippen LogP contribution in [0.25, 0.3) is 0 Å². The third-order valence-electron chi connectivity index (χ3n) is 1.78. The fourth-order valence-electron chi connectivity index (χ4n) is 1.16. The molecule has 0 aromatic rings. The molecule has 64 valence electrons. The molecule has 0 radical (unpaired) electrons. The van der Waals surface area contributed by atoms with Crippen molar-refractivity contribution in [3.05, 3.63) is 36.6 Å². The third kappa shape index (κ3) is 3.33. The summed E-state index contributed by atoms with van der Waals surface area (Å²) in [4.78, 5) is 4.34. The molecule has 0 aromatic heterocycles. The molecule has 0 fully saturated rings. The van der Waals surface area contributed by atoms with Gasteiger partial charge < -0.3 is 0 Å². The Morgan fingerprint density at radius 3 is 3.08 bits per heavy atom. The normalized spacial score (nSPS) is 24.4. The van der Waals surface area contributed by atoms with Gasteiger partial charge in [0.05, 0.1) is 5.70 Å². The molecular weight excluding hydrogens is 146 g/mol. The molecule has 0 aliphatic carbocycles. The second-order valence-corrected chi connectivity index (χ2v) is 3.02. The predicted molar refractivity (Wildman–Crippen MR) is 54.4 cm³/mol. The molecule has 1 heteroatoms. The van der Waals surface area contributed by atoms with Gasteiger partial charge in [0, 0.05) is 5.71 Å². The Hall–Kier alpha value is -1.11. The van der Waals surface area contributed by atoms with E-state index < -0.39 is 0 Å². The molecule has 0 spiro atoms. The maximum atomic E-state index is 4.34. The van der Waals surface area contributed by atoms with Crippen LogP contribution < -0.4 is 0 Å². The van der Waals surface area contributed by atoms with Crippen LogP contribution in [0, 0.1) is 0 Å². The zero-order valence-corrected chi connectivity index (χ0v) is 7.59. The van der Waals surface area contributed by atoms with Crippen LogP contribution in [0.3, 0.4) is 0 Å². The Bertz CT molecular complexity index is 244. The highest BCUT2D eigenvalue weighted by Crippen LogP contribution is 2.05. The van der Waals surface area contributed by atoms with Gasteiger partial charge in [0.2, 0.25) is 0 Å². The monoisotopic (exact) mass is 161 g/mol. The van der Waals surface area contributed by atoms with Crippen LogP contribution in [0.1, 0.15) is 26.2 Å². The lowest BCUT2D eigenvalue weighted by molar-refractivity contribution is 0.889. The van der Waals surface area contributed by atoms with Gasteiger partial charge in [-0.3, -0.25) is 4.99 Å². The lowest BCUT2D eigenvalue weighted by Gasteiger charge is -2.00. The highest BCUT2D eigenvalue weighted by atomic mass is 14.7. The van der Waals surface area contributed by atoms with Gasteiger partial charge in [-0.25, -0.2) is 0 Å². The van der Waals surface area contributed by atoms with E-state index in [4.69, 9.17) is 0 Å². The summed E-state index contributed by atoms with van der Waals surface area (Å²) in [5, 5.41) is 0. The number of allylic oxidation sites excluding steroid dienone is 4. The van der Waals surface area contributed by atoms with E-state index in [1.807, 2.05) is 12.2 Å². The summed E-state index contributed by atoms with van der Waals surface area (Å²) in [5.41, 5.74) is 2.03. The number of nitrogens with zero attached hydrogens (tertiary/aromatic N) is 1. The number of hydrogen-bond acceptors (Lipinski definition) is 1. The van der Waals surface area contributed by atoms with Crippen LogP contribution >= 0.6 is 0 Å². The summed E-state index contributed by atoms with van der Waals surface area (Å²) in [5.74, 6) is 0. The van der Waals surface area contributed by atoms with Crippen molar-refractivity contribution in [3.63, 3.8) is 0 Å². The number of hydrogen-bond donors (Lipinski definition) is 0. The van der Waals surface area contributed by atoms with E-state index in [0.29, 0.717) is 0 Å². The third-order valence-corrected chi connectivity index (χ3v) is 1.78. The first-order valence-electron chi connectivity index (χ1n) is 4.35. The van der Waals surface area contributed by atoms with Gasteiger partial charge >= 0.3 is 0 Å². The van der Waals surface area contributed by atoms with Gasteiger partial charge in [0.1, 0.15) is 0 Å². The fourth-order valence-corrected chi connectivity index (χ4v) is 1.16. The minimum absolute atomic E-state index is 0.846. The van der Waals surface area contributed by atoms with Gasteiger partial charge in [-0.2, -0.15) is 0 Å². The molecule has 1 heterocycles. The van der Waals surface area contributed by atoms with Crippen LogP contribution in [0.4, 0.5) is 0 Å². The lowest BCUT2D eigenvalue weighted by Crippen LogP contribution is -1.91. The molecule has 0 saturated heterocycles. The Morgan fingerprint density at radius 2 is 2.25 bits per heavy atom. The zero-order chi connectivity index (χ0) is 8.81. The number of rotatable bonds is 0. The van der Waals surface area contributed by atoms with E-state index in [2.05, 4.69) is 30.6 Å². The molecule has 1 aliphatic heterocycles.